The lowest BCUT2D eigenvalue weighted by Crippen LogP contribution is -2.41. The average molecular weight is 278 g/mol. The summed E-state index contributed by atoms with van der Waals surface area (Å²) in [6.07, 6.45) is 7.12. The van der Waals surface area contributed by atoms with Crippen molar-refractivity contribution < 1.29 is 5.11 Å². The van der Waals surface area contributed by atoms with E-state index in [1.165, 1.54) is 12.8 Å². The van der Waals surface area contributed by atoms with E-state index >= 15 is 0 Å². The largest absolute Gasteiger partial charge is 0.396 e. The first-order valence-corrected chi connectivity index (χ1v) is 7.71. The third kappa shape index (κ3) is 3.39. The third-order valence-corrected chi connectivity index (χ3v) is 3.96. The maximum absolute atomic E-state index is 9.25. The summed E-state index contributed by atoms with van der Waals surface area (Å²) in [5.41, 5.74) is 1.12. The molecule has 1 atom stereocenters. The minimum Gasteiger partial charge on any atom is -0.396 e. The number of rotatable bonds is 6. The fourth-order valence-corrected chi connectivity index (χ4v) is 2.88. The lowest BCUT2D eigenvalue weighted by molar-refractivity contribution is 0.262. The van der Waals surface area contributed by atoms with E-state index in [1.807, 2.05) is 0 Å². The van der Waals surface area contributed by atoms with Gasteiger partial charge >= 0.3 is 0 Å². The van der Waals surface area contributed by atoms with Crippen molar-refractivity contribution in [1.29, 1.82) is 0 Å². The molecule has 0 saturated carbocycles. The second kappa shape index (κ2) is 7.43. The summed E-state index contributed by atoms with van der Waals surface area (Å²) < 4.78 is 0. The molecule has 1 aromatic rings. The Balaban J connectivity index is 2.21. The van der Waals surface area contributed by atoms with Gasteiger partial charge in [0.25, 0.3) is 0 Å². The van der Waals surface area contributed by atoms with Crippen LogP contribution in [0.25, 0.3) is 0 Å². The van der Waals surface area contributed by atoms with Crippen molar-refractivity contribution in [2.75, 3.05) is 29.9 Å². The number of nitrogens with zero attached hydrogens (tertiary/aromatic N) is 3. The van der Waals surface area contributed by atoms with Crippen LogP contribution in [0.2, 0.25) is 0 Å². The van der Waals surface area contributed by atoms with Crippen LogP contribution in [0, 0.1) is 6.92 Å². The topological polar surface area (TPSA) is 61.3 Å². The number of piperidine rings is 1. The Hall–Kier alpha value is -1.36. The second-order valence-corrected chi connectivity index (χ2v) is 5.45. The van der Waals surface area contributed by atoms with Crippen LogP contribution in [0.4, 0.5) is 11.6 Å². The van der Waals surface area contributed by atoms with Gasteiger partial charge in [0.05, 0.1) is 0 Å². The van der Waals surface area contributed by atoms with Crippen LogP contribution in [-0.4, -0.2) is 40.8 Å². The Bertz CT molecular complexity index is 422. The third-order valence-electron chi connectivity index (χ3n) is 3.96. The predicted octanol–water partition coefficient (Wildman–Crippen LogP) is 2.35. The van der Waals surface area contributed by atoms with Crippen molar-refractivity contribution in [3.8, 4) is 0 Å². The quantitative estimate of drug-likeness (QED) is 0.836. The molecule has 1 aliphatic heterocycles. The number of nitrogens with one attached hydrogen (secondary N) is 1. The average Bonchev–Trinajstić information content (AvgIpc) is 2.47. The molecular weight excluding hydrogens is 252 g/mol. The zero-order valence-electron chi connectivity index (χ0n) is 12.6. The SMILES string of the molecule is CCCNc1ncnc(N2CCCCC2CCO)c1C. The Morgan fingerprint density at radius 2 is 2.25 bits per heavy atom. The van der Waals surface area contributed by atoms with Gasteiger partial charge in [-0.2, -0.15) is 0 Å². The Morgan fingerprint density at radius 1 is 1.40 bits per heavy atom. The van der Waals surface area contributed by atoms with Gasteiger partial charge in [-0.25, -0.2) is 9.97 Å². The van der Waals surface area contributed by atoms with Crippen LogP contribution in [0.5, 0.6) is 0 Å². The van der Waals surface area contributed by atoms with Crippen molar-refractivity contribution in [1.82, 2.24) is 9.97 Å². The van der Waals surface area contributed by atoms with Crippen molar-refractivity contribution in [3.63, 3.8) is 0 Å². The molecule has 2 N–H and O–H groups in total. The normalized spacial score (nSPS) is 19.1. The van der Waals surface area contributed by atoms with E-state index in [4.69, 9.17) is 0 Å². The van der Waals surface area contributed by atoms with E-state index in [-0.39, 0.29) is 6.61 Å². The van der Waals surface area contributed by atoms with E-state index in [2.05, 4.69) is 34.0 Å². The van der Waals surface area contributed by atoms with Crippen molar-refractivity contribution in [3.05, 3.63) is 11.9 Å². The van der Waals surface area contributed by atoms with Crippen LogP contribution in [0.1, 0.15) is 44.6 Å². The molecule has 0 spiro atoms. The zero-order valence-corrected chi connectivity index (χ0v) is 12.6. The fourth-order valence-electron chi connectivity index (χ4n) is 2.88. The molecule has 2 heterocycles. The van der Waals surface area contributed by atoms with Gasteiger partial charge in [-0.15, -0.1) is 0 Å². The molecule has 1 aliphatic rings. The molecule has 2 rings (SSSR count). The minimum atomic E-state index is 0.242. The molecule has 0 radical (unpaired) electrons. The summed E-state index contributed by atoms with van der Waals surface area (Å²) in [5.74, 6) is 1.96. The molecule has 20 heavy (non-hydrogen) atoms. The fraction of sp³-hybridized carbons (Fsp3) is 0.733. The molecule has 1 unspecified atom stereocenters. The summed E-state index contributed by atoms with van der Waals surface area (Å²) >= 11 is 0. The predicted molar refractivity (Wildman–Crippen MR) is 82.2 cm³/mol. The van der Waals surface area contributed by atoms with Gasteiger partial charge in [-0.1, -0.05) is 6.92 Å². The van der Waals surface area contributed by atoms with Gasteiger partial charge < -0.3 is 15.3 Å². The van der Waals surface area contributed by atoms with E-state index < -0.39 is 0 Å². The first kappa shape index (κ1) is 15.0. The van der Waals surface area contributed by atoms with Crippen molar-refractivity contribution in [2.45, 2.75) is 52.0 Å². The van der Waals surface area contributed by atoms with Crippen LogP contribution >= 0.6 is 0 Å². The summed E-state index contributed by atoms with van der Waals surface area (Å²) in [6.45, 7) is 6.42. The molecule has 1 fully saturated rings. The number of aliphatic hydroxyl groups excluding tert-OH is 1. The summed E-state index contributed by atoms with van der Waals surface area (Å²) in [5, 5.41) is 12.6. The molecule has 0 amide bonds. The number of anilines is 2. The maximum Gasteiger partial charge on any atom is 0.137 e. The lowest BCUT2D eigenvalue weighted by Gasteiger charge is -2.37. The van der Waals surface area contributed by atoms with Gasteiger partial charge in [-0.3, -0.25) is 0 Å². The Labute approximate surface area is 121 Å². The van der Waals surface area contributed by atoms with Crippen molar-refractivity contribution in [2.24, 2.45) is 0 Å². The van der Waals surface area contributed by atoms with Gasteiger partial charge in [0.15, 0.2) is 0 Å². The Morgan fingerprint density at radius 3 is 3.00 bits per heavy atom. The van der Waals surface area contributed by atoms with Gasteiger partial charge in [-0.05, 0) is 39.0 Å². The van der Waals surface area contributed by atoms with Gasteiger partial charge in [0.2, 0.25) is 0 Å². The second-order valence-electron chi connectivity index (χ2n) is 5.45. The number of aliphatic hydroxyl groups is 1. The molecule has 112 valence electrons. The molecule has 1 saturated heterocycles. The first-order chi connectivity index (χ1) is 9.77. The number of hydrogen-bond donors (Lipinski definition) is 2. The van der Waals surface area contributed by atoms with E-state index in [9.17, 15) is 5.11 Å². The van der Waals surface area contributed by atoms with Gasteiger partial charge in [0.1, 0.15) is 18.0 Å². The Kier molecular flexibility index (Phi) is 5.59. The summed E-state index contributed by atoms with van der Waals surface area (Å²) in [7, 11) is 0. The highest BCUT2D eigenvalue weighted by atomic mass is 16.3. The van der Waals surface area contributed by atoms with Crippen LogP contribution in [-0.2, 0) is 0 Å². The number of aromatic nitrogens is 2. The van der Waals surface area contributed by atoms with Crippen LogP contribution in [0.15, 0.2) is 6.33 Å². The first-order valence-electron chi connectivity index (χ1n) is 7.71. The maximum atomic E-state index is 9.25. The van der Waals surface area contributed by atoms with Gasteiger partial charge in [0, 0.05) is 31.3 Å². The minimum absolute atomic E-state index is 0.242. The zero-order chi connectivity index (χ0) is 14.4. The number of hydrogen-bond acceptors (Lipinski definition) is 5. The smallest absolute Gasteiger partial charge is 0.137 e. The summed E-state index contributed by atoms with van der Waals surface area (Å²) in [4.78, 5) is 11.2. The summed E-state index contributed by atoms with van der Waals surface area (Å²) in [6, 6.07) is 0.404. The van der Waals surface area contributed by atoms with E-state index in [0.29, 0.717) is 6.04 Å². The van der Waals surface area contributed by atoms with Crippen LogP contribution < -0.4 is 10.2 Å². The molecule has 0 bridgehead atoms. The molecule has 5 heteroatoms. The highest BCUT2D eigenvalue weighted by Gasteiger charge is 2.25. The standard InChI is InChI=1S/C15H26N4O/c1-3-8-16-14-12(2)15(18-11-17-14)19-9-5-4-6-13(19)7-10-20/h11,13,20H,3-10H2,1-2H3,(H,16,17,18). The highest BCUT2D eigenvalue weighted by Crippen LogP contribution is 2.29. The molecule has 0 aliphatic carbocycles. The molecular formula is C15H26N4O. The highest BCUT2D eigenvalue weighted by molar-refractivity contribution is 5.58. The van der Waals surface area contributed by atoms with Crippen molar-refractivity contribution >= 4 is 11.6 Å². The monoisotopic (exact) mass is 278 g/mol. The molecule has 0 aromatic carbocycles. The van der Waals surface area contributed by atoms with Crippen LogP contribution in [0.3, 0.4) is 0 Å². The van der Waals surface area contributed by atoms with E-state index in [0.717, 1.165) is 49.6 Å². The molecule has 5 nitrogen and oxygen atoms in total. The lowest BCUT2D eigenvalue weighted by atomic mass is 9.99. The molecule has 1 aromatic heterocycles. The van der Waals surface area contributed by atoms with E-state index in [1.54, 1.807) is 6.33 Å².